The molecule has 0 spiro atoms. The lowest BCUT2D eigenvalue weighted by molar-refractivity contribution is -0.384. The second-order valence-electron chi connectivity index (χ2n) is 3.70. The van der Waals surface area contributed by atoms with Gasteiger partial charge >= 0.3 is 0 Å². The highest BCUT2D eigenvalue weighted by molar-refractivity contribution is 5.50. The molecule has 1 aromatic carbocycles. The zero-order chi connectivity index (χ0) is 11.3. The molecule has 1 N–H and O–H groups in total. The second-order valence-corrected chi connectivity index (χ2v) is 3.70. The maximum absolute atomic E-state index is 10.5. The van der Waals surface area contributed by atoms with Crippen LogP contribution in [0.25, 0.3) is 0 Å². The number of nitro groups is 1. The minimum absolute atomic E-state index is 0.129. The van der Waals surface area contributed by atoms with Crippen molar-refractivity contribution in [1.29, 1.82) is 0 Å². The molecule has 0 aliphatic rings. The van der Waals surface area contributed by atoms with Gasteiger partial charge in [-0.2, -0.15) is 0 Å². The summed E-state index contributed by atoms with van der Waals surface area (Å²) >= 11 is 0. The van der Waals surface area contributed by atoms with Crippen molar-refractivity contribution in [3.63, 3.8) is 0 Å². The Kier molecular flexibility index (Phi) is 4.09. The third-order valence-corrected chi connectivity index (χ3v) is 2.41. The Bertz CT molecular complexity index is 339. The molecular weight excluding hydrogens is 192 g/mol. The van der Waals surface area contributed by atoms with Gasteiger partial charge in [0.15, 0.2) is 0 Å². The van der Waals surface area contributed by atoms with Crippen LogP contribution in [0.1, 0.15) is 20.3 Å². The van der Waals surface area contributed by atoms with E-state index in [-0.39, 0.29) is 10.6 Å². The van der Waals surface area contributed by atoms with Crippen molar-refractivity contribution >= 4 is 11.4 Å². The van der Waals surface area contributed by atoms with Crippen molar-refractivity contribution in [1.82, 2.24) is 0 Å². The summed E-state index contributed by atoms with van der Waals surface area (Å²) in [6.45, 7) is 5.11. The normalized spacial score (nSPS) is 12.1. The Morgan fingerprint density at radius 3 is 2.87 bits per heavy atom. The Morgan fingerprint density at radius 2 is 2.27 bits per heavy atom. The zero-order valence-corrected chi connectivity index (χ0v) is 9.06. The van der Waals surface area contributed by atoms with Gasteiger partial charge in [0.2, 0.25) is 0 Å². The summed E-state index contributed by atoms with van der Waals surface area (Å²) in [6, 6.07) is 6.59. The first-order chi connectivity index (χ1) is 7.13. The van der Waals surface area contributed by atoms with Gasteiger partial charge in [-0.25, -0.2) is 0 Å². The number of hydrogen-bond donors (Lipinski definition) is 1. The Balaban J connectivity index is 2.62. The standard InChI is InChI=1S/C11H16N2O2/c1-3-9(2)8-12-10-5-4-6-11(7-10)13(14)15/h4-7,9,12H,3,8H2,1-2H3/t9-/m0/s1. The maximum atomic E-state index is 10.5. The van der Waals surface area contributed by atoms with Crippen LogP contribution < -0.4 is 5.32 Å². The summed E-state index contributed by atoms with van der Waals surface area (Å²) in [5.41, 5.74) is 0.939. The van der Waals surface area contributed by atoms with Crippen molar-refractivity contribution in [2.75, 3.05) is 11.9 Å². The van der Waals surface area contributed by atoms with Crippen molar-refractivity contribution in [3.05, 3.63) is 34.4 Å². The van der Waals surface area contributed by atoms with Crippen molar-refractivity contribution in [2.45, 2.75) is 20.3 Å². The van der Waals surface area contributed by atoms with Gasteiger partial charge in [-0.1, -0.05) is 26.3 Å². The predicted octanol–water partition coefficient (Wildman–Crippen LogP) is 3.05. The quantitative estimate of drug-likeness (QED) is 0.597. The lowest BCUT2D eigenvalue weighted by Gasteiger charge is -2.10. The van der Waals surface area contributed by atoms with Gasteiger partial charge in [-0.15, -0.1) is 0 Å². The summed E-state index contributed by atoms with van der Waals surface area (Å²) in [5, 5.41) is 13.7. The number of nitrogens with zero attached hydrogens (tertiary/aromatic N) is 1. The predicted molar refractivity (Wildman–Crippen MR) is 61.0 cm³/mol. The van der Waals surface area contributed by atoms with Gasteiger partial charge in [-0.3, -0.25) is 10.1 Å². The molecule has 82 valence electrons. The lowest BCUT2D eigenvalue weighted by Crippen LogP contribution is -2.10. The Labute approximate surface area is 89.5 Å². The summed E-state index contributed by atoms with van der Waals surface area (Å²) < 4.78 is 0. The number of nitro benzene ring substituents is 1. The van der Waals surface area contributed by atoms with Crippen LogP contribution in [0.4, 0.5) is 11.4 Å². The van der Waals surface area contributed by atoms with E-state index in [1.165, 1.54) is 6.07 Å². The largest absolute Gasteiger partial charge is 0.385 e. The average molecular weight is 208 g/mol. The van der Waals surface area contributed by atoms with Gasteiger partial charge in [0, 0.05) is 24.4 Å². The Hall–Kier alpha value is -1.58. The lowest BCUT2D eigenvalue weighted by atomic mass is 10.1. The van der Waals surface area contributed by atoms with E-state index in [1.54, 1.807) is 12.1 Å². The minimum Gasteiger partial charge on any atom is -0.385 e. The van der Waals surface area contributed by atoms with Gasteiger partial charge in [0.1, 0.15) is 0 Å². The molecule has 0 amide bonds. The molecule has 1 atom stereocenters. The van der Waals surface area contributed by atoms with E-state index < -0.39 is 0 Å². The first-order valence-electron chi connectivity index (χ1n) is 5.11. The number of nitrogens with one attached hydrogen (secondary N) is 1. The van der Waals surface area contributed by atoms with Crippen molar-refractivity contribution in [2.24, 2.45) is 5.92 Å². The molecule has 15 heavy (non-hydrogen) atoms. The number of rotatable bonds is 5. The molecule has 4 nitrogen and oxygen atoms in total. The zero-order valence-electron chi connectivity index (χ0n) is 9.06. The molecule has 0 heterocycles. The van der Waals surface area contributed by atoms with E-state index in [9.17, 15) is 10.1 Å². The van der Waals surface area contributed by atoms with E-state index in [0.29, 0.717) is 5.92 Å². The van der Waals surface area contributed by atoms with E-state index in [1.807, 2.05) is 6.07 Å². The number of hydrogen-bond acceptors (Lipinski definition) is 3. The first kappa shape index (κ1) is 11.5. The third-order valence-electron chi connectivity index (χ3n) is 2.41. The van der Waals surface area contributed by atoms with E-state index in [2.05, 4.69) is 19.2 Å². The van der Waals surface area contributed by atoms with E-state index >= 15 is 0 Å². The second kappa shape index (κ2) is 5.34. The number of non-ortho nitro benzene ring substituents is 1. The van der Waals surface area contributed by atoms with Crippen LogP contribution >= 0.6 is 0 Å². The molecule has 0 unspecified atom stereocenters. The molecule has 0 aliphatic carbocycles. The fourth-order valence-corrected chi connectivity index (χ4v) is 1.17. The molecule has 0 fully saturated rings. The summed E-state index contributed by atoms with van der Waals surface area (Å²) in [5.74, 6) is 0.573. The third kappa shape index (κ3) is 3.58. The molecule has 0 radical (unpaired) electrons. The molecule has 0 bridgehead atoms. The van der Waals surface area contributed by atoms with Gasteiger partial charge in [-0.05, 0) is 12.0 Å². The fraction of sp³-hybridized carbons (Fsp3) is 0.455. The fourth-order valence-electron chi connectivity index (χ4n) is 1.17. The van der Waals surface area contributed by atoms with Crippen LogP contribution in [0, 0.1) is 16.0 Å². The van der Waals surface area contributed by atoms with Crippen LogP contribution in [0.15, 0.2) is 24.3 Å². The monoisotopic (exact) mass is 208 g/mol. The molecule has 0 aliphatic heterocycles. The summed E-state index contributed by atoms with van der Waals surface area (Å²) in [7, 11) is 0. The average Bonchev–Trinajstić information content (AvgIpc) is 2.26. The molecule has 0 aromatic heterocycles. The highest BCUT2D eigenvalue weighted by Crippen LogP contribution is 2.17. The Morgan fingerprint density at radius 1 is 1.53 bits per heavy atom. The smallest absolute Gasteiger partial charge is 0.271 e. The van der Waals surface area contributed by atoms with Gasteiger partial charge in [0.25, 0.3) is 5.69 Å². The SMILES string of the molecule is CC[C@H](C)CNc1cccc([N+](=O)[O-])c1. The minimum atomic E-state index is -0.381. The molecule has 0 saturated carbocycles. The highest BCUT2D eigenvalue weighted by Gasteiger charge is 2.05. The van der Waals surface area contributed by atoms with Crippen LogP contribution in [0.5, 0.6) is 0 Å². The van der Waals surface area contributed by atoms with E-state index in [0.717, 1.165) is 18.7 Å². The number of anilines is 1. The van der Waals surface area contributed by atoms with Gasteiger partial charge < -0.3 is 5.32 Å². The van der Waals surface area contributed by atoms with Crippen LogP contribution in [-0.4, -0.2) is 11.5 Å². The van der Waals surface area contributed by atoms with Crippen LogP contribution in [-0.2, 0) is 0 Å². The molecule has 0 saturated heterocycles. The van der Waals surface area contributed by atoms with Crippen LogP contribution in [0.3, 0.4) is 0 Å². The highest BCUT2D eigenvalue weighted by atomic mass is 16.6. The van der Waals surface area contributed by atoms with Crippen molar-refractivity contribution in [3.8, 4) is 0 Å². The van der Waals surface area contributed by atoms with Crippen LogP contribution in [0.2, 0.25) is 0 Å². The summed E-state index contributed by atoms with van der Waals surface area (Å²) in [4.78, 5) is 10.1. The maximum Gasteiger partial charge on any atom is 0.271 e. The molecule has 4 heteroatoms. The summed E-state index contributed by atoms with van der Waals surface area (Å²) in [6.07, 6.45) is 1.10. The molecule has 1 rings (SSSR count). The van der Waals surface area contributed by atoms with Crippen molar-refractivity contribution < 1.29 is 4.92 Å². The van der Waals surface area contributed by atoms with Gasteiger partial charge in [0.05, 0.1) is 4.92 Å². The number of benzene rings is 1. The first-order valence-corrected chi connectivity index (χ1v) is 5.11. The molecular formula is C11H16N2O2. The van der Waals surface area contributed by atoms with E-state index in [4.69, 9.17) is 0 Å². The topological polar surface area (TPSA) is 55.2 Å². The molecule has 1 aromatic rings.